The summed E-state index contributed by atoms with van der Waals surface area (Å²) in [7, 11) is 0. The summed E-state index contributed by atoms with van der Waals surface area (Å²) in [5.41, 5.74) is 4.53. The summed E-state index contributed by atoms with van der Waals surface area (Å²) in [5, 5.41) is 14.8. The number of aromatic amines is 1. The molecule has 0 spiro atoms. The number of benzene rings is 1. The lowest BCUT2D eigenvalue weighted by Gasteiger charge is -2.39. The molecular weight excluding hydrogens is 338 g/mol. The van der Waals surface area contributed by atoms with E-state index in [0.717, 1.165) is 72.6 Å². The Morgan fingerprint density at radius 2 is 1.85 bits per heavy atom. The Hall–Kier alpha value is -2.44. The highest BCUT2D eigenvalue weighted by Gasteiger charge is 2.42. The number of rotatable bonds is 2. The van der Waals surface area contributed by atoms with E-state index in [1.54, 1.807) is 0 Å². The zero-order valence-corrected chi connectivity index (χ0v) is 15.2. The van der Waals surface area contributed by atoms with E-state index < -0.39 is 0 Å². The quantitative estimate of drug-likeness (QED) is 0.654. The topological polar surface area (TPSA) is 77.1 Å². The summed E-state index contributed by atoms with van der Waals surface area (Å²) in [6.45, 7) is 1.63. The van der Waals surface area contributed by atoms with Gasteiger partial charge in [-0.25, -0.2) is 9.97 Å². The monoisotopic (exact) mass is 361 g/mol. The first-order valence-electron chi connectivity index (χ1n) is 9.91. The fourth-order valence-electron chi connectivity index (χ4n) is 5.24. The molecule has 5 heterocycles. The first kappa shape index (κ1) is 15.6. The van der Waals surface area contributed by atoms with Crippen LogP contribution >= 0.6 is 0 Å². The molecule has 3 atom stereocenters. The molecule has 1 aromatic carbocycles. The highest BCUT2D eigenvalue weighted by Crippen LogP contribution is 2.42. The summed E-state index contributed by atoms with van der Waals surface area (Å²) in [6, 6.07) is 9.10. The second kappa shape index (κ2) is 5.78. The van der Waals surface area contributed by atoms with Crippen LogP contribution in [0.4, 0.5) is 5.82 Å². The van der Waals surface area contributed by atoms with Crippen molar-refractivity contribution >= 4 is 16.7 Å². The van der Waals surface area contributed by atoms with Gasteiger partial charge < -0.3 is 20.3 Å². The van der Waals surface area contributed by atoms with Gasteiger partial charge in [0.25, 0.3) is 0 Å². The van der Waals surface area contributed by atoms with E-state index in [0.29, 0.717) is 12.1 Å². The molecule has 2 bridgehead atoms. The molecule has 27 heavy (non-hydrogen) atoms. The molecule has 6 heteroatoms. The second-order valence-electron chi connectivity index (χ2n) is 8.07. The molecule has 0 radical (unpaired) electrons. The standard InChI is InChI=1S/C21H23N5O/c27-14-7-12-5-6-13(8-14)26(12)21-17-9-22-11-19(17)24-20(25-21)16-10-23-18-4-2-1-3-15(16)18/h1-4,10,12-14,22-23,27H,5-9,11H2/t12-,13+,14?. The van der Waals surface area contributed by atoms with Gasteiger partial charge in [0, 0.05) is 53.4 Å². The van der Waals surface area contributed by atoms with E-state index in [1.807, 2.05) is 12.3 Å². The Labute approximate surface area is 157 Å². The number of aliphatic hydroxyl groups excluding tert-OH is 1. The van der Waals surface area contributed by atoms with Crippen LogP contribution < -0.4 is 10.2 Å². The third kappa shape index (κ3) is 2.33. The van der Waals surface area contributed by atoms with E-state index in [1.165, 1.54) is 5.56 Å². The summed E-state index contributed by atoms with van der Waals surface area (Å²) in [6.07, 6.45) is 5.86. The molecule has 6 nitrogen and oxygen atoms in total. The molecule has 2 fully saturated rings. The third-order valence-corrected chi connectivity index (χ3v) is 6.45. The fraction of sp³-hybridized carbons (Fsp3) is 0.429. The molecule has 1 unspecified atom stereocenters. The first-order chi connectivity index (χ1) is 13.3. The van der Waals surface area contributed by atoms with Crippen molar-refractivity contribution in [2.45, 2.75) is 57.0 Å². The van der Waals surface area contributed by atoms with Crippen LogP contribution in [-0.4, -0.2) is 38.2 Å². The van der Waals surface area contributed by atoms with Gasteiger partial charge in [-0.05, 0) is 31.7 Å². The van der Waals surface area contributed by atoms with Crippen molar-refractivity contribution in [3.05, 3.63) is 41.7 Å². The Bertz CT molecular complexity index is 1010. The number of piperidine rings is 1. The number of hydrogen-bond donors (Lipinski definition) is 3. The Kier molecular flexibility index (Phi) is 3.34. The predicted molar refractivity (Wildman–Crippen MR) is 104 cm³/mol. The van der Waals surface area contributed by atoms with Gasteiger partial charge in [0.2, 0.25) is 0 Å². The maximum Gasteiger partial charge on any atom is 0.163 e. The zero-order chi connectivity index (χ0) is 18.0. The minimum Gasteiger partial charge on any atom is -0.393 e. The lowest BCUT2D eigenvalue weighted by Crippen LogP contribution is -2.45. The average Bonchev–Trinajstić information content (AvgIpc) is 3.37. The van der Waals surface area contributed by atoms with Crippen molar-refractivity contribution in [1.29, 1.82) is 0 Å². The Morgan fingerprint density at radius 3 is 2.70 bits per heavy atom. The highest BCUT2D eigenvalue weighted by atomic mass is 16.3. The van der Waals surface area contributed by atoms with E-state index in [9.17, 15) is 5.11 Å². The number of H-pyrrole nitrogens is 1. The lowest BCUT2D eigenvalue weighted by atomic mass is 9.99. The summed E-state index contributed by atoms with van der Waals surface area (Å²) in [4.78, 5) is 15.9. The third-order valence-electron chi connectivity index (χ3n) is 6.45. The van der Waals surface area contributed by atoms with Gasteiger partial charge in [-0.2, -0.15) is 0 Å². The number of anilines is 1. The van der Waals surface area contributed by atoms with Crippen LogP contribution in [0.5, 0.6) is 0 Å². The van der Waals surface area contributed by atoms with Gasteiger partial charge in [0.1, 0.15) is 5.82 Å². The minimum atomic E-state index is -0.167. The van der Waals surface area contributed by atoms with Crippen molar-refractivity contribution in [1.82, 2.24) is 20.3 Å². The maximum absolute atomic E-state index is 10.2. The molecule has 3 aliphatic rings. The first-order valence-corrected chi connectivity index (χ1v) is 9.91. The van der Waals surface area contributed by atoms with E-state index in [4.69, 9.17) is 9.97 Å². The van der Waals surface area contributed by atoms with E-state index >= 15 is 0 Å². The molecule has 2 saturated heterocycles. The van der Waals surface area contributed by atoms with Crippen molar-refractivity contribution in [3.8, 4) is 11.4 Å². The summed E-state index contributed by atoms with van der Waals surface area (Å²) >= 11 is 0. The molecule has 0 aliphatic carbocycles. The highest BCUT2D eigenvalue weighted by molar-refractivity contribution is 5.94. The average molecular weight is 361 g/mol. The smallest absolute Gasteiger partial charge is 0.163 e. The van der Waals surface area contributed by atoms with Crippen LogP contribution in [0, 0.1) is 0 Å². The molecule has 0 amide bonds. The van der Waals surface area contributed by atoms with Crippen molar-refractivity contribution in [2.75, 3.05) is 4.90 Å². The van der Waals surface area contributed by atoms with Crippen LogP contribution in [0.15, 0.2) is 30.5 Å². The van der Waals surface area contributed by atoms with Gasteiger partial charge in [-0.1, -0.05) is 18.2 Å². The number of fused-ring (bicyclic) bond motifs is 4. The molecule has 0 saturated carbocycles. The largest absolute Gasteiger partial charge is 0.393 e. The van der Waals surface area contributed by atoms with Gasteiger partial charge in [-0.15, -0.1) is 0 Å². The number of para-hydroxylation sites is 1. The number of hydrogen-bond acceptors (Lipinski definition) is 5. The maximum atomic E-state index is 10.2. The van der Waals surface area contributed by atoms with Crippen molar-refractivity contribution in [3.63, 3.8) is 0 Å². The van der Waals surface area contributed by atoms with Gasteiger partial charge in [-0.3, -0.25) is 0 Å². The molecule has 3 aromatic rings. The Balaban J connectivity index is 1.51. The van der Waals surface area contributed by atoms with E-state index in [2.05, 4.69) is 33.4 Å². The number of aliphatic hydroxyl groups is 1. The minimum absolute atomic E-state index is 0.167. The molecule has 138 valence electrons. The van der Waals surface area contributed by atoms with Crippen LogP contribution in [0.25, 0.3) is 22.3 Å². The van der Waals surface area contributed by atoms with Crippen LogP contribution in [0.1, 0.15) is 36.9 Å². The fourth-order valence-corrected chi connectivity index (χ4v) is 5.24. The lowest BCUT2D eigenvalue weighted by molar-refractivity contribution is 0.126. The molecule has 3 N–H and O–H groups in total. The summed E-state index contributed by atoms with van der Waals surface area (Å²) in [5.74, 6) is 1.89. The second-order valence-corrected chi connectivity index (χ2v) is 8.07. The van der Waals surface area contributed by atoms with Crippen LogP contribution in [0.3, 0.4) is 0 Å². The number of nitrogens with zero attached hydrogens (tertiary/aromatic N) is 3. The normalized spacial score (nSPS) is 26.7. The van der Waals surface area contributed by atoms with Crippen LogP contribution in [-0.2, 0) is 13.1 Å². The zero-order valence-electron chi connectivity index (χ0n) is 15.2. The van der Waals surface area contributed by atoms with Crippen molar-refractivity contribution < 1.29 is 5.11 Å². The van der Waals surface area contributed by atoms with Gasteiger partial charge in [0.05, 0.1) is 11.8 Å². The Morgan fingerprint density at radius 1 is 1.04 bits per heavy atom. The summed E-state index contributed by atoms with van der Waals surface area (Å²) < 4.78 is 0. The van der Waals surface area contributed by atoms with Gasteiger partial charge in [0.15, 0.2) is 5.82 Å². The molecule has 3 aliphatic heterocycles. The molecule has 2 aromatic heterocycles. The molecule has 6 rings (SSSR count). The predicted octanol–water partition coefficient (Wildman–Crippen LogP) is 2.72. The van der Waals surface area contributed by atoms with Gasteiger partial charge >= 0.3 is 0 Å². The molecular formula is C21H23N5O. The number of nitrogens with one attached hydrogen (secondary N) is 2. The van der Waals surface area contributed by atoms with E-state index in [-0.39, 0.29) is 6.10 Å². The van der Waals surface area contributed by atoms with Crippen molar-refractivity contribution in [2.24, 2.45) is 0 Å². The van der Waals surface area contributed by atoms with Crippen LogP contribution in [0.2, 0.25) is 0 Å². The SMILES string of the molecule is OC1C[C@H]2CC[C@@H](C1)N2c1nc(-c2c[nH]c3ccccc23)nc2c1CNC2. The number of aromatic nitrogens is 3.